The fourth-order valence-corrected chi connectivity index (χ4v) is 4.41. The van der Waals surface area contributed by atoms with Crippen LogP contribution in [0.3, 0.4) is 0 Å². The monoisotopic (exact) mass is 331 g/mol. The third-order valence-corrected chi connectivity index (χ3v) is 5.33. The quantitative estimate of drug-likeness (QED) is 0.749. The van der Waals surface area contributed by atoms with Crippen LogP contribution >= 0.6 is 15.9 Å². The van der Waals surface area contributed by atoms with Gasteiger partial charge in [-0.1, -0.05) is 15.9 Å². The summed E-state index contributed by atoms with van der Waals surface area (Å²) >= 11 is 3.66. The maximum Gasteiger partial charge on any atom is 0.132 e. The topological polar surface area (TPSA) is 22.0 Å². The minimum Gasteiger partial charge on any atom is -0.347 e. The number of aryl methyl sites for hydroxylation is 2. The van der Waals surface area contributed by atoms with Crippen LogP contribution < -0.4 is 0 Å². The first kappa shape index (κ1) is 12.6. The first-order valence-corrected chi connectivity index (χ1v) is 8.34. The number of Topliss-reactive ketones (excluding diaryl/α,β-unsaturated/α-hetero) is 1. The largest absolute Gasteiger partial charge is 0.347 e. The molecule has 0 radical (unpaired) electrons. The Balaban J connectivity index is 1.86. The summed E-state index contributed by atoms with van der Waals surface area (Å²) in [6.45, 7) is 1.14. The van der Waals surface area contributed by atoms with Crippen molar-refractivity contribution in [2.75, 3.05) is 0 Å². The third kappa shape index (κ3) is 1.95. The van der Waals surface area contributed by atoms with Crippen LogP contribution in [0.25, 0.3) is 10.9 Å². The number of hydrogen-bond acceptors (Lipinski definition) is 1. The lowest BCUT2D eigenvalue weighted by Crippen LogP contribution is -2.12. The average Bonchev–Trinajstić information content (AvgIpc) is 2.80. The second kappa shape index (κ2) is 4.73. The van der Waals surface area contributed by atoms with Crippen molar-refractivity contribution in [3.05, 3.63) is 33.9 Å². The Hall–Kier alpha value is -1.09. The Morgan fingerprint density at radius 1 is 1.15 bits per heavy atom. The van der Waals surface area contributed by atoms with Gasteiger partial charge in [0.1, 0.15) is 5.78 Å². The number of benzene rings is 1. The van der Waals surface area contributed by atoms with Crippen molar-refractivity contribution < 1.29 is 4.79 Å². The predicted octanol–water partition coefficient (Wildman–Crippen LogP) is 4.58. The van der Waals surface area contributed by atoms with Crippen LogP contribution in [-0.2, 0) is 17.8 Å². The molecule has 104 valence electrons. The number of carbonyl (C=O) groups is 1. The van der Waals surface area contributed by atoms with Gasteiger partial charge in [-0.05, 0) is 54.9 Å². The number of carbonyl (C=O) groups excluding carboxylic acids is 1. The third-order valence-electron chi connectivity index (χ3n) is 4.88. The molecule has 2 heterocycles. The highest BCUT2D eigenvalue weighted by atomic mass is 79.9. The summed E-state index contributed by atoms with van der Waals surface area (Å²) in [5, 5.41) is 1.41. The number of ketones is 1. The smallest absolute Gasteiger partial charge is 0.132 e. The van der Waals surface area contributed by atoms with Gasteiger partial charge in [-0.15, -0.1) is 0 Å². The van der Waals surface area contributed by atoms with Crippen LogP contribution in [0.1, 0.15) is 49.1 Å². The van der Waals surface area contributed by atoms with E-state index < -0.39 is 0 Å². The Labute approximate surface area is 127 Å². The average molecular weight is 332 g/mol. The molecule has 0 spiro atoms. The highest BCUT2D eigenvalue weighted by Gasteiger charge is 2.25. The van der Waals surface area contributed by atoms with Gasteiger partial charge in [-0.25, -0.2) is 0 Å². The van der Waals surface area contributed by atoms with Gasteiger partial charge >= 0.3 is 0 Å². The van der Waals surface area contributed by atoms with Gasteiger partial charge in [0, 0.05) is 35.4 Å². The SMILES string of the molecule is O=C1CCC(c2cn3c4c(cc(Br)cc24)CCC3)CC1. The number of nitrogens with zero attached hydrogens (tertiary/aromatic N) is 1. The van der Waals surface area contributed by atoms with E-state index in [-0.39, 0.29) is 0 Å². The van der Waals surface area contributed by atoms with Crippen LogP contribution in [0.4, 0.5) is 0 Å². The molecule has 1 aromatic heterocycles. The van der Waals surface area contributed by atoms with Crippen LogP contribution in [0.15, 0.2) is 22.8 Å². The number of rotatable bonds is 1. The van der Waals surface area contributed by atoms with Crippen LogP contribution in [-0.4, -0.2) is 10.4 Å². The molecule has 2 aliphatic rings. The fourth-order valence-electron chi connectivity index (χ4n) is 3.90. The van der Waals surface area contributed by atoms with Gasteiger partial charge in [-0.3, -0.25) is 4.79 Å². The van der Waals surface area contributed by atoms with E-state index >= 15 is 0 Å². The molecule has 0 saturated heterocycles. The summed E-state index contributed by atoms with van der Waals surface area (Å²) in [4.78, 5) is 11.5. The number of aromatic nitrogens is 1. The van der Waals surface area contributed by atoms with Crippen LogP contribution in [0.5, 0.6) is 0 Å². The molecule has 2 aromatic rings. The Morgan fingerprint density at radius 2 is 1.95 bits per heavy atom. The Bertz CT molecular complexity index is 691. The summed E-state index contributed by atoms with van der Waals surface area (Å²) in [5.41, 5.74) is 4.38. The van der Waals surface area contributed by atoms with E-state index in [9.17, 15) is 4.79 Å². The maximum absolute atomic E-state index is 11.5. The second-order valence-corrected chi connectivity index (χ2v) is 7.07. The van der Waals surface area contributed by atoms with Crippen molar-refractivity contribution in [2.45, 2.75) is 51.0 Å². The standard InChI is InChI=1S/C17H18BrNO/c18-13-8-12-2-1-7-19-10-16(15(9-13)17(12)19)11-3-5-14(20)6-4-11/h8-11H,1-7H2. The van der Waals surface area contributed by atoms with Crippen molar-refractivity contribution >= 4 is 32.6 Å². The van der Waals surface area contributed by atoms with Gasteiger partial charge in [-0.2, -0.15) is 0 Å². The first-order valence-electron chi connectivity index (χ1n) is 7.55. The van der Waals surface area contributed by atoms with Crippen molar-refractivity contribution in [3.8, 4) is 0 Å². The molecule has 3 heteroatoms. The zero-order chi connectivity index (χ0) is 13.7. The Morgan fingerprint density at radius 3 is 2.75 bits per heavy atom. The van der Waals surface area contributed by atoms with E-state index in [1.807, 2.05) is 0 Å². The Kier molecular flexibility index (Phi) is 2.99. The van der Waals surface area contributed by atoms with Crippen molar-refractivity contribution in [1.29, 1.82) is 0 Å². The number of halogens is 1. The molecule has 4 rings (SSSR count). The zero-order valence-electron chi connectivity index (χ0n) is 11.5. The molecule has 0 unspecified atom stereocenters. The van der Waals surface area contributed by atoms with Gasteiger partial charge in [0.2, 0.25) is 0 Å². The van der Waals surface area contributed by atoms with Crippen LogP contribution in [0.2, 0.25) is 0 Å². The maximum atomic E-state index is 11.5. The molecule has 1 aliphatic heterocycles. The first-order chi connectivity index (χ1) is 9.72. The molecule has 0 bridgehead atoms. The van der Waals surface area contributed by atoms with E-state index in [4.69, 9.17) is 0 Å². The van der Waals surface area contributed by atoms with E-state index in [1.54, 1.807) is 0 Å². The molecule has 1 aliphatic carbocycles. The van der Waals surface area contributed by atoms with E-state index in [0.29, 0.717) is 11.7 Å². The van der Waals surface area contributed by atoms with E-state index in [2.05, 4.69) is 38.8 Å². The summed E-state index contributed by atoms with van der Waals surface area (Å²) < 4.78 is 3.62. The molecule has 1 fully saturated rings. The van der Waals surface area contributed by atoms with E-state index in [0.717, 1.165) is 32.2 Å². The van der Waals surface area contributed by atoms with Gasteiger partial charge in [0.25, 0.3) is 0 Å². The molecular weight excluding hydrogens is 314 g/mol. The minimum atomic E-state index is 0.441. The molecule has 1 aromatic carbocycles. The molecule has 0 N–H and O–H groups in total. The highest BCUT2D eigenvalue weighted by molar-refractivity contribution is 9.10. The molecule has 0 amide bonds. The molecule has 1 saturated carbocycles. The summed E-state index contributed by atoms with van der Waals surface area (Å²) in [6, 6.07) is 4.54. The summed E-state index contributed by atoms with van der Waals surface area (Å²) in [6.07, 6.45) is 8.36. The fraction of sp³-hybridized carbons (Fsp3) is 0.471. The van der Waals surface area contributed by atoms with Crippen molar-refractivity contribution in [1.82, 2.24) is 4.57 Å². The zero-order valence-corrected chi connectivity index (χ0v) is 13.1. The van der Waals surface area contributed by atoms with Crippen molar-refractivity contribution in [3.63, 3.8) is 0 Å². The van der Waals surface area contributed by atoms with E-state index in [1.165, 1.54) is 39.3 Å². The lowest BCUT2D eigenvalue weighted by molar-refractivity contribution is -0.120. The lowest BCUT2D eigenvalue weighted by Gasteiger charge is -2.20. The lowest BCUT2D eigenvalue weighted by atomic mass is 9.83. The minimum absolute atomic E-state index is 0.441. The van der Waals surface area contributed by atoms with Crippen LogP contribution in [0, 0.1) is 0 Å². The second-order valence-electron chi connectivity index (χ2n) is 6.16. The summed E-state index contributed by atoms with van der Waals surface area (Å²) in [7, 11) is 0. The van der Waals surface area contributed by atoms with Gasteiger partial charge in [0.15, 0.2) is 0 Å². The van der Waals surface area contributed by atoms with Crippen molar-refractivity contribution in [2.24, 2.45) is 0 Å². The normalized spacial score (nSPS) is 19.8. The van der Waals surface area contributed by atoms with Gasteiger partial charge < -0.3 is 4.57 Å². The molecule has 2 nitrogen and oxygen atoms in total. The summed E-state index contributed by atoms with van der Waals surface area (Å²) in [5.74, 6) is 1.01. The van der Waals surface area contributed by atoms with Gasteiger partial charge in [0.05, 0.1) is 5.52 Å². The number of hydrogen-bond donors (Lipinski definition) is 0. The molecular formula is C17H18BrNO. The highest BCUT2D eigenvalue weighted by Crippen LogP contribution is 2.40. The predicted molar refractivity (Wildman–Crippen MR) is 84.2 cm³/mol. The molecule has 0 atom stereocenters. The molecule has 20 heavy (non-hydrogen) atoms.